The summed E-state index contributed by atoms with van der Waals surface area (Å²) in [6.45, 7) is 2.01. The van der Waals surface area contributed by atoms with Crippen LogP contribution in [0.4, 0.5) is 0 Å². The van der Waals surface area contributed by atoms with Gasteiger partial charge < -0.3 is 0 Å². The van der Waals surface area contributed by atoms with E-state index in [0.717, 1.165) is 33.2 Å². The van der Waals surface area contributed by atoms with E-state index < -0.39 is 0 Å². The van der Waals surface area contributed by atoms with Crippen molar-refractivity contribution in [3.63, 3.8) is 0 Å². The van der Waals surface area contributed by atoms with E-state index in [1.165, 1.54) is 4.88 Å². The largest absolute Gasteiger partial charge is 0.236 e. The van der Waals surface area contributed by atoms with Crippen LogP contribution in [0.3, 0.4) is 0 Å². The van der Waals surface area contributed by atoms with Gasteiger partial charge in [-0.05, 0) is 42.1 Å². The molecule has 0 aliphatic rings. The molecule has 0 saturated heterocycles. The van der Waals surface area contributed by atoms with Gasteiger partial charge in [0, 0.05) is 16.8 Å². The van der Waals surface area contributed by atoms with E-state index in [1.54, 1.807) is 11.3 Å². The van der Waals surface area contributed by atoms with Crippen LogP contribution < -0.4 is 0 Å². The molecule has 3 heterocycles. The lowest BCUT2D eigenvalue weighted by atomic mass is 10.1. The van der Waals surface area contributed by atoms with Crippen LogP contribution in [-0.4, -0.2) is 14.6 Å². The van der Waals surface area contributed by atoms with Gasteiger partial charge in [0.15, 0.2) is 5.65 Å². The number of aryl methyl sites for hydroxylation is 1. The first-order chi connectivity index (χ1) is 10.7. The second kappa shape index (κ2) is 5.23. The predicted molar refractivity (Wildman–Crippen MR) is 91.5 cm³/mol. The molecule has 0 fully saturated rings. The number of thiophene rings is 1. The van der Waals surface area contributed by atoms with Gasteiger partial charge in [-0.3, -0.25) is 0 Å². The number of halogens is 1. The molecule has 0 bridgehead atoms. The van der Waals surface area contributed by atoms with Gasteiger partial charge in [0.05, 0.1) is 16.3 Å². The number of nitrogens with zero attached hydrogens (tertiary/aromatic N) is 3. The lowest BCUT2D eigenvalue weighted by Crippen LogP contribution is -1.94. The van der Waals surface area contributed by atoms with E-state index in [0.29, 0.717) is 0 Å². The van der Waals surface area contributed by atoms with Gasteiger partial charge in [0.2, 0.25) is 0 Å². The van der Waals surface area contributed by atoms with E-state index in [-0.39, 0.29) is 0 Å². The number of benzene rings is 1. The van der Waals surface area contributed by atoms with Gasteiger partial charge in [-0.1, -0.05) is 29.8 Å². The van der Waals surface area contributed by atoms with Crippen molar-refractivity contribution in [2.24, 2.45) is 0 Å². The lowest BCUT2D eigenvalue weighted by Gasteiger charge is -2.03. The van der Waals surface area contributed by atoms with E-state index in [4.69, 9.17) is 16.7 Å². The van der Waals surface area contributed by atoms with Crippen molar-refractivity contribution < 1.29 is 0 Å². The molecule has 3 nitrogen and oxygen atoms in total. The van der Waals surface area contributed by atoms with E-state index in [9.17, 15) is 0 Å². The smallest absolute Gasteiger partial charge is 0.163 e. The van der Waals surface area contributed by atoms with Crippen molar-refractivity contribution in [1.82, 2.24) is 14.6 Å². The summed E-state index contributed by atoms with van der Waals surface area (Å²) >= 11 is 7.69. The highest BCUT2D eigenvalue weighted by Gasteiger charge is 2.15. The van der Waals surface area contributed by atoms with E-state index in [2.05, 4.69) is 16.4 Å². The fraction of sp³-hybridized carbons (Fsp3) is 0.0588. The zero-order valence-corrected chi connectivity index (χ0v) is 13.4. The Morgan fingerprint density at radius 3 is 2.64 bits per heavy atom. The molecule has 0 spiro atoms. The minimum absolute atomic E-state index is 0.727. The third kappa shape index (κ3) is 2.12. The maximum atomic E-state index is 5.99. The Hall–Kier alpha value is -2.17. The summed E-state index contributed by atoms with van der Waals surface area (Å²) in [5, 5.41) is 7.49. The zero-order valence-electron chi connectivity index (χ0n) is 11.8. The molecule has 0 atom stereocenters. The van der Waals surface area contributed by atoms with Crippen LogP contribution >= 0.6 is 22.9 Å². The standard InChI is InChI=1S/C17H12ClN3S/c1-11-16(12-4-6-13(18)7-5-12)17-19-9-8-14(21(17)20-11)15-3-2-10-22-15/h2-10H,1H3. The second-order valence-electron chi connectivity index (χ2n) is 5.01. The normalized spacial score (nSPS) is 11.2. The van der Waals surface area contributed by atoms with Gasteiger partial charge in [0.25, 0.3) is 0 Å². The Labute approximate surface area is 136 Å². The van der Waals surface area contributed by atoms with Crippen molar-refractivity contribution in [2.75, 3.05) is 0 Å². The zero-order chi connectivity index (χ0) is 15.1. The van der Waals surface area contributed by atoms with Gasteiger partial charge in [0.1, 0.15) is 0 Å². The number of rotatable bonds is 2. The molecular formula is C17H12ClN3S. The minimum Gasteiger partial charge on any atom is -0.236 e. The van der Waals surface area contributed by atoms with Gasteiger partial charge >= 0.3 is 0 Å². The summed E-state index contributed by atoms with van der Waals surface area (Å²) in [6, 6.07) is 13.9. The first-order valence-corrected chi connectivity index (χ1v) is 8.14. The first-order valence-electron chi connectivity index (χ1n) is 6.88. The monoisotopic (exact) mass is 325 g/mol. The maximum absolute atomic E-state index is 5.99. The average Bonchev–Trinajstić information content (AvgIpc) is 3.15. The Balaban J connectivity index is 1.99. The van der Waals surface area contributed by atoms with Gasteiger partial charge in [-0.15, -0.1) is 11.3 Å². The fourth-order valence-corrected chi connectivity index (χ4v) is 3.48. The minimum atomic E-state index is 0.727. The number of aromatic nitrogens is 3. The summed E-state index contributed by atoms with van der Waals surface area (Å²) in [6.07, 6.45) is 1.84. The molecule has 0 amide bonds. The quantitative estimate of drug-likeness (QED) is 0.514. The maximum Gasteiger partial charge on any atom is 0.163 e. The molecule has 3 aromatic heterocycles. The van der Waals surface area contributed by atoms with Crippen LogP contribution in [0.5, 0.6) is 0 Å². The van der Waals surface area contributed by atoms with Crippen LogP contribution in [0.15, 0.2) is 54.0 Å². The highest BCUT2D eigenvalue weighted by Crippen LogP contribution is 2.31. The SMILES string of the molecule is Cc1nn2c(-c3cccs3)ccnc2c1-c1ccc(Cl)cc1. The molecule has 0 aliphatic carbocycles. The molecule has 0 N–H and O–H groups in total. The molecule has 4 rings (SSSR count). The molecular weight excluding hydrogens is 314 g/mol. The average molecular weight is 326 g/mol. The highest BCUT2D eigenvalue weighted by atomic mass is 35.5. The van der Waals surface area contributed by atoms with Crippen molar-refractivity contribution in [3.8, 4) is 21.7 Å². The fourth-order valence-electron chi connectivity index (χ4n) is 2.62. The molecule has 0 unspecified atom stereocenters. The topological polar surface area (TPSA) is 30.2 Å². The van der Waals surface area contributed by atoms with E-state index in [1.807, 2.05) is 54.0 Å². The molecule has 0 aliphatic heterocycles. The molecule has 0 radical (unpaired) electrons. The Morgan fingerprint density at radius 2 is 1.91 bits per heavy atom. The number of fused-ring (bicyclic) bond motifs is 1. The van der Waals surface area contributed by atoms with Crippen molar-refractivity contribution in [3.05, 3.63) is 64.8 Å². The summed E-state index contributed by atoms with van der Waals surface area (Å²) in [7, 11) is 0. The highest BCUT2D eigenvalue weighted by molar-refractivity contribution is 7.13. The van der Waals surface area contributed by atoms with Gasteiger partial charge in [-0.25, -0.2) is 9.50 Å². The van der Waals surface area contributed by atoms with Crippen LogP contribution in [0.25, 0.3) is 27.3 Å². The van der Waals surface area contributed by atoms with E-state index >= 15 is 0 Å². The Bertz CT molecular complexity index is 940. The first kappa shape index (κ1) is 13.5. The van der Waals surface area contributed by atoms with Crippen LogP contribution in [0.1, 0.15) is 5.69 Å². The molecule has 22 heavy (non-hydrogen) atoms. The molecule has 4 aromatic rings. The third-order valence-corrected chi connectivity index (χ3v) is 4.74. The Kier molecular flexibility index (Phi) is 3.21. The third-order valence-electron chi connectivity index (χ3n) is 3.60. The summed E-state index contributed by atoms with van der Waals surface area (Å²) in [5.74, 6) is 0. The lowest BCUT2D eigenvalue weighted by molar-refractivity contribution is 0.927. The number of hydrogen-bond donors (Lipinski definition) is 0. The molecule has 0 saturated carbocycles. The predicted octanol–water partition coefficient (Wildman–Crippen LogP) is 5.09. The molecule has 108 valence electrons. The van der Waals surface area contributed by atoms with Crippen LogP contribution in [0.2, 0.25) is 5.02 Å². The molecule has 5 heteroatoms. The number of hydrogen-bond acceptors (Lipinski definition) is 3. The Morgan fingerprint density at radius 1 is 1.09 bits per heavy atom. The van der Waals surface area contributed by atoms with Crippen molar-refractivity contribution in [2.45, 2.75) is 6.92 Å². The summed E-state index contributed by atoms with van der Waals surface area (Å²) in [4.78, 5) is 5.72. The summed E-state index contributed by atoms with van der Waals surface area (Å²) < 4.78 is 1.92. The van der Waals surface area contributed by atoms with Crippen molar-refractivity contribution >= 4 is 28.6 Å². The van der Waals surface area contributed by atoms with Crippen molar-refractivity contribution in [1.29, 1.82) is 0 Å². The second-order valence-corrected chi connectivity index (χ2v) is 6.39. The van der Waals surface area contributed by atoms with Gasteiger partial charge in [-0.2, -0.15) is 5.10 Å². The van der Waals surface area contributed by atoms with Crippen LogP contribution in [-0.2, 0) is 0 Å². The van der Waals surface area contributed by atoms with Crippen LogP contribution in [0, 0.1) is 6.92 Å². The summed E-state index contributed by atoms with van der Waals surface area (Å²) in [5.41, 5.74) is 5.01. The molecule has 1 aromatic carbocycles.